The number of fused-ring (bicyclic) bond motifs is 3. The Balaban J connectivity index is 1.58. The van der Waals surface area contributed by atoms with Crippen LogP contribution in [0, 0.1) is 0 Å². The molecule has 0 bridgehead atoms. The number of nitrogens with zero attached hydrogens (tertiary/aromatic N) is 4. The zero-order chi connectivity index (χ0) is 18.8. The molecule has 2 aromatic carbocycles. The van der Waals surface area contributed by atoms with Crippen molar-refractivity contribution in [3.05, 3.63) is 59.7 Å². The summed E-state index contributed by atoms with van der Waals surface area (Å²) in [5, 5.41) is 10.2. The summed E-state index contributed by atoms with van der Waals surface area (Å²) in [4.78, 5) is 17.1. The predicted octanol–water partition coefficient (Wildman–Crippen LogP) is 4.54. The predicted molar refractivity (Wildman–Crippen MR) is 109 cm³/mol. The average Bonchev–Trinajstić information content (AvgIpc) is 3.05. The number of hydrogen-bond acceptors (Lipinski definition) is 5. The van der Waals surface area contributed by atoms with Gasteiger partial charge in [-0.1, -0.05) is 61.2 Å². The molecule has 2 aromatic heterocycles. The lowest BCUT2D eigenvalue weighted by Gasteiger charge is -2.04. The van der Waals surface area contributed by atoms with Gasteiger partial charge in [0.25, 0.3) is 0 Å². The maximum atomic E-state index is 12.4. The highest BCUT2D eigenvalue weighted by Gasteiger charge is 2.15. The smallest absolute Gasteiger partial charge is 0.211 e. The third kappa shape index (κ3) is 3.32. The van der Waals surface area contributed by atoms with E-state index in [1.807, 2.05) is 42.5 Å². The van der Waals surface area contributed by atoms with Crippen LogP contribution in [0.15, 0.2) is 53.7 Å². The van der Waals surface area contributed by atoms with Gasteiger partial charge < -0.3 is 4.57 Å². The number of rotatable bonds is 6. The number of thioether (sulfide) groups is 1. The van der Waals surface area contributed by atoms with E-state index in [0.29, 0.717) is 10.9 Å². The zero-order valence-corrected chi connectivity index (χ0v) is 16.2. The molecule has 6 heteroatoms. The van der Waals surface area contributed by atoms with Crippen molar-refractivity contribution in [1.82, 2.24) is 19.7 Å². The van der Waals surface area contributed by atoms with E-state index in [1.165, 1.54) is 17.3 Å². The molecule has 4 aromatic rings. The van der Waals surface area contributed by atoms with Crippen LogP contribution in [0.1, 0.15) is 29.8 Å². The van der Waals surface area contributed by atoms with E-state index < -0.39 is 0 Å². The Hall–Kier alpha value is -2.73. The second-order valence-corrected chi connectivity index (χ2v) is 7.23. The molecule has 0 aliphatic carbocycles. The molecule has 0 amide bonds. The molecule has 0 saturated carbocycles. The molecule has 136 valence electrons. The van der Waals surface area contributed by atoms with E-state index in [1.54, 1.807) is 0 Å². The van der Waals surface area contributed by atoms with Gasteiger partial charge >= 0.3 is 0 Å². The fourth-order valence-corrected chi connectivity index (χ4v) is 3.89. The summed E-state index contributed by atoms with van der Waals surface area (Å²) in [7, 11) is 0. The van der Waals surface area contributed by atoms with Crippen molar-refractivity contribution < 1.29 is 4.79 Å². The minimum Gasteiger partial charge on any atom is -0.324 e. The summed E-state index contributed by atoms with van der Waals surface area (Å²) >= 11 is 1.33. The molecule has 0 unspecified atom stereocenters. The van der Waals surface area contributed by atoms with Crippen LogP contribution < -0.4 is 0 Å². The molecule has 5 nitrogen and oxygen atoms in total. The Labute approximate surface area is 161 Å². The Morgan fingerprint density at radius 3 is 2.56 bits per heavy atom. The van der Waals surface area contributed by atoms with Crippen molar-refractivity contribution in [1.29, 1.82) is 0 Å². The van der Waals surface area contributed by atoms with Crippen LogP contribution in [0.2, 0.25) is 0 Å². The standard InChI is InChI=1S/C21H20N4OS/c1-3-14-9-11-15(12-10-14)18(26)13-27-21-22-20-19(23-24-21)16-7-5-6-8-17(16)25(20)4-2/h5-12H,3-4,13H2,1-2H3. The van der Waals surface area contributed by atoms with Crippen molar-refractivity contribution in [2.75, 3.05) is 5.75 Å². The van der Waals surface area contributed by atoms with Crippen LogP contribution in [0.3, 0.4) is 0 Å². The first-order valence-electron chi connectivity index (χ1n) is 9.07. The first-order valence-corrected chi connectivity index (χ1v) is 10.1. The molecular weight excluding hydrogens is 356 g/mol. The first-order chi connectivity index (χ1) is 13.2. The second-order valence-electron chi connectivity index (χ2n) is 6.29. The van der Waals surface area contributed by atoms with Gasteiger partial charge in [-0.05, 0) is 25.0 Å². The van der Waals surface area contributed by atoms with E-state index in [4.69, 9.17) is 0 Å². The number of aromatic nitrogens is 4. The molecule has 0 aliphatic heterocycles. The summed E-state index contributed by atoms with van der Waals surface area (Å²) in [6.07, 6.45) is 0.966. The van der Waals surface area contributed by atoms with Crippen molar-refractivity contribution in [3.63, 3.8) is 0 Å². The van der Waals surface area contributed by atoms with E-state index in [2.05, 4.69) is 39.7 Å². The minimum absolute atomic E-state index is 0.0717. The first kappa shape index (κ1) is 17.7. The average molecular weight is 376 g/mol. The van der Waals surface area contributed by atoms with E-state index in [-0.39, 0.29) is 5.78 Å². The number of carbonyl (C=O) groups is 1. The monoisotopic (exact) mass is 376 g/mol. The lowest BCUT2D eigenvalue weighted by molar-refractivity contribution is 0.102. The van der Waals surface area contributed by atoms with Gasteiger partial charge in [0.05, 0.1) is 11.3 Å². The fourth-order valence-electron chi connectivity index (χ4n) is 3.21. The van der Waals surface area contributed by atoms with Gasteiger partial charge in [0.15, 0.2) is 11.4 Å². The van der Waals surface area contributed by atoms with Gasteiger partial charge in [-0.25, -0.2) is 4.98 Å². The lowest BCUT2D eigenvalue weighted by Crippen LogP contribution is -2.04. The molecule has 0 N–H and O–H groups in total. The molecular formula is C21H20N4OS. The van der Waals surface area contributed by atoms with Gasteiger partial charge in [-0.15, -0.1) is 10.2 Å². The Bertz CT molecular complexity index is 1120. The van der Waals surface area contributed by atoms with Crippen LogP contribution in [-0.4, -0.2) is 31.3 Å². The van der Waals surface area contributed by atoms with Crippen molar-refractivity contribution in [2.24, 2.45) is 0 Å². The molecule has 0 atom stereocenters. The third-order valence-corrected chi connectivity index (χ3v) is 5.52. The number of Topliss-reactive ketones (excluding diaryl/α,β-unsaturated/α-hetero) is 1. The van der Waals surface area contributed by atoms with Gasteiger partial charge in [0.1, 0.15) is 5.52 Å². The lowest BCUT2D eigenvalue weighted by atomic mass is 10.1. The number of hydrogen-bond donors (Lipinski definition) is 0. The maximum Gasteiger partial charge on any atom is 0.211 e. The minimum atomic E-state index is 0.0717. The molecule has 2 heterocycles. The van der Waals surface area contributed by atoms with E-state index >= 15 is 0 Å². The number of aryl methyl sites for hydroxylation is 2. The fraction of sp³-hybridized carbons (Fsp3) is 0.238. The Morgan fingerprint density at radius 1 is 1.04 bits per heavy atom. The van der Waals surface area contributed by atoms with Crippen LogP contribution in [0.4, 0.5) is 0 Å². The normalized spacial score (nSPS) is 11.3. The Kier molecular flexibility index (Phi) is 4.90. The molecule has 0 fully saturated rings. The van der Waals surface area contributed by atoms with E-state index in [9.17, 15) is 4.79 Å². The SMILES string of the molecule is CCc1ccc(C(=O)CSc2nnc3c4ccccc4n(CC)c3n2)cc1. The number of para-hydroxylation sites is 1. The van der Waals surface area contributed by atoms with Crippen LogP contribution >= 0.6 is 11.8 Å². The van der Waals surface area contributed by atoms with Gasteiger partial charge in [0, 0.05) is 17.5 Å². The van der Waals surface area contributed by atoms with Gasteiger partial charge in [0.2, 0.25) is 5.16 Å². The second kappa shape index (κ2) is 7.48. The quantitative estimate of drug-likeness (QED) is 0.365. The number of ketones is 1. The highest BCUT2D eigenvalue weighted by atomic mass is 32.2. The molecule has 0 radical (unpaired) electrons. The largest absolute Gasteiger partial charge is 0.324 e. The van der Waals surface area contributed by atoms with Gasteiger partial charge in [-0.2, -0.15) is 0 Å². The molecule has 4 rings (SSSR count). The summed E-state index contributed by atoms with van der Waals surface area (Å²) in [5.41, 5.74) is 4.67. The van der Waals surface area contributed by atoms with Crippen molar-refractivity contribution in [3.8, 4) is 0 Å². The molecule has 27 heavy (non-hydrogen) atoms. The third-order valence-electron chi connectivity index (χ3n) is 4.69. The topological polar surface area (TPSA) is 60.7 Å². The summed E-state index contributed by atoms with van der Waals surface area (Å²) in [6.45, 7) is 4.99. The van der Waals surface area contributed by atoms with Gasteiger partial charge in [-0.3, -0.25) is 4.79 Å². The molecule has 0 aliphatic rings. The summed E-state index contributed by atoms with van der Waals surface area (Å²) in [6, 6.07) is 15.9. The van der Waals surface area contributed by atoms with Crippen LogP contribution in [0.5, 0.6) is 0 Å². The van der Waals surface area contributed by atoms with Crippen LogP contribution in [0.25, 0.3) is 22.1 Å². The summed E-state index contributed by atoms with van der Waals surface area (Å²) in [5.74, 6) is 0.368. The Morgan fingerprint density at radius 2 is 1.81 bits per heavy atom. The zero-order valence-electron chi connectivity index (χ0n) is 15.3. The molecule has 0 spiro atoms. The van der Waals surface area contributed by atoms with E-state index in [0.717, 1.165) is 40.6 Å². The highest BCUT2D eigenvalue weighted by molar-refractivity contribution is 7.99. The number of benzene rings is 2. The van der Waals surface area contributed by atoms with Crippen molar-refractivity contribution in [2.45, 2.75) is 32.0 Å². The molecule has 0 saturated heterocycles. The van der Waals surface area contributed by atoms with Crippen LogP contribution in [-0.2, 0) is 13.0 Å². The highest BCUT2D eigenvalue weighted by Crippen LogP contribution is 2.27. The summed E-state index contributed by atoms with van der Waals surface area (Å²) < 4.78 is 2.13. The number of carbonyl (C=O) groups excluding carboxylic acids is 1. The maximum absolute atomic E-state index is 12.4. The van der Waals surface area contributed by atoms with Crippen molar-refractivity contribution >= 4 is 39.6 Å².